The fourth-order valence-corrected chi connectivity index (χ4v) is 6.10. The van der Waals surface area contributed by atoms with Gasteiger partial charge < -0.3 is 18.9 Å². The van der Waals surface area contributed by atoms with Gasteiger partial charge in [-0.3, -0.25) is 4.79 Å². The zero-order valence-corrected chi connectivity index (χ0v) is 25.0. The number of rotatable bonds is 7. The summed E-state index contributed by atoms with van der Waals surface area (Å²) in [5.74, 6) is 3.44. The van der Waals surface area contributed by atoms with E-state index in [9.17, 15) is 4.79 Å². The molecule has 0 radical (unpaired) electrons. The van der Waals surface area contributed by atoms with Crippen molar-refractivity contribution in [3.05, 3.63) is 84.8 Å². The lowest BCUT2D eigenvalue weighted by molar-refractivity contribution is 0.174. The Hall–Kier alpha value is -3.37. The molecule has 0 amide bonds. The number of hydrogen-bond donors (Lipinski definition) is 0. The van der Waals surface area contributed by atoms with Crippen LogP contribution in [0.25, 0.3) is 10.9 Å². The van der Waals surface area contributed by atoms with Gasteiger partial charge in [0.2, 0.25) is 6.79 Å². The molecule has 0 N–H and O–H groups in total. The number of ether oxygens (including phenoxy) is 4. The van der Waals surface area contributed by atoms with E-state index in [2.05, 4.69) is 37.0 Å². The van der Waals surface area contributed by atoms with Crippen LogP contribution in [0.4, 0.5) is 0 Å². The summed E-state index contributed by atoms with van der Waals surface area (Å²) in [6.45, 7) is 0.542. The molecule has 0 saturated heterocycles. The average Bonchev–Trinajstić information content (AvgIpc) is 3.44. The second-order valence-electron chi connectivity index (χ2n) is 9.84. The van der Waals surface area contributed by atoms with Crippen LogP contribution < -0.4 is 24.5 Å². The lowest BCUT2D eigenvalue weighted by Crippen LogP contribution is -2.25. The lowest BCUT2D eigenvalue weighted by Gasteiger charge is -2.22. The van der Waals surface area contributed by atoms with Crippen LogP contribution in [0.1, 0.15) is 55.0 Å². The minimum Gasteiger partial charge on any atom is -0.493 e. The molecular formula is C30H27Br2N3O5. The Kier molecular flexibility index (Phi) is 7.80. The SMILES string of the molecule is COc1cc(C=Nn2c(C3CCCCC3)nc3ccc(Br)cc3c2=O)cc(Br)c1OCc1ccc2c(c1)OCO2. The number of fused-ring (bicyclic) bond motifs is 2. The van der Waals surface area contributed by atoms with E-state index in [0.29, 0.717) is 45.1 Å². The fourth-order valence-electron chi connectivity index (χ4n) is 5.17. The van der Waals surface area contributed by atoms with Gasteiger partial charge >= 0.3 is 0 Å². The molecule has 4 aromatic rings. The Morgan fingerprint density at radius 1 is 1.05 bits per heavy atom. The second-order valence-corrected chi connectivity index (χ2v) is 11.6. The molecule has 1 fully saturated rings. The average molecular weight is 669 g/mol. The molecule has 1 aliphatic heterocycles. The first kappa shape index (κ1) is 26.8. The first-order valence-electron chi connectivity index (χ1n) is 13.2. The normalized spacial score (nSPS) is 15.2. The van der Waals surface area contributed by atoms with Crippen LogP contribution in [0.5, 0.6) is 23.0 Å². The smallest absolute Gasteiger partial charge is 0.282 e. The van der Waals surface area contributed by atoms with Gasteiger partial charge in [-0.05, 0) is 82.4 Å². The predicted octanol–water partition coefficient (Wildman–Crippen LogP) is 7.17. The van der Waals surface area contributed by atoms with E-state index in [-0.39, 0.29) is 18.3 Å². The Labute approximate surface area is 248 Å². The lowest BCUT2D eigenvalue weighted by atomic mass is 9.88. The van der Waals surface area contributed by atoms with Crippen LogP contribution in [0.15, 0.2) is 67.4 Å². The summed E-state index contributed by atoms with van der Waals surface area (Å²) in [6, 6.07) is 15.0. The van der Waals surface area contributed by atoms with E-state index in [4.69, 9.17) is 23.9 Å². The van der Waals surface area contributed by atoms with Crippen molar-refractivity contribution in [3.8, 4) is 23.0 Å². The topological polar surface area (TPSA) is 84.2 Å². The molecule has 206 valence electrons. The highest BCUT2D eigenvalue weighted by atomic mass is 79.9. The molecule has 0 atom stereocenters. The molecule has 1 aliphatic carbocycles. The largest absolute Gasteiger partial charge is 0.493 e. The third kappa shape index (κ3) is 5.47. The minimum absolute atomic E-state index is 0.183. The maximum absolute atomic E-state index is 13.6. The first-order chi connectivity index (χ1) is 19.5. The Morgan fingerprint density at radius 3 is 2.70 bits per heavy atom. The molecule has 6 rings (SSSR count). The molecule has 2 aliphatic rings. The number of hydrogen-bond acceptors (Lipinski definition) is 7. The second kappa shape index (κ2) is 11.6. The van der Waals surface area contributed by atoms with E-state index >= 15 is 0 Å². The summed E-state index contributed by atoms with van der Waals surface area (Å²) in [5, 5.41) is 5.19. The van der Waals surface area contributed by atoms with E-state index in [1.165, 1.54) is 11.1 Å². The maximum Gasteiger partial charge on any atom is 0.282 e. The monoisotopic (exact) mass is 667 g/mol. The van der Waals surface area contributed by atoms with Crippen LogP contribution in [-0.2, 0) is 6.61 Å². The molecule has 0 spiro atoms. The van der Waals surface area contributed by atoms with Crippen molar-refractivity contribution in [3.63, 3.8) is 0 Å². The Balaban J connectivity index is 1.31. The molecular weight excluding hydrogens is 642 g/mol. The van der Waals surface area contributed by atoms with Crippen molar-refractivity contribution in [2.45, 2.75) is 44.6 Å². The third-order valence-electron chi connectivity index (χ3n) is 7.20. The van der Waals surface area contributed by atoms with Crippen molar-refractivity contribution < 1.29 is 18.9 Å². The number of methoxy groups -OCH3 is 1. The summed E-state index contributed by atoms with van der Waals surface area (Å²) >= 11 is 7.10. The molecule has 0 unspecified atom stereocenters. The minimum atomic E-state index is -0.183. The van der Waals surface area contributed by atoms with Gasteiger partial charge in [-0.15, -0.1) is 0 Å². The van der Waals surface area contributed by atoms with Crippen LogP contribution >= 0.6 is 31.9 Å². The van der Waals surface area contributed by atoms with Gasteiger partial charge in [0.25, 0.3) is 5.56 Å². The fraction of sp³-hybridized carbons (Fsp3) is 0.300. The highest BCUT2D eigenvalue weighted by Crippen LogP contribution is 2.38. The molecule has 1 saturated carbocycles. The molecule has 2 heterocycles. The van der Waals surface area contributed by atoms with Gasteiger partial charge in [-0.1, -0.05) is 41.3 Å². The summed E-state index contributed by atoms with van der Waals surface area (Å²) in [7, 11) is 1.59. The number of halogens is 2. The summed E-state index contributed by atoms with van der Waals surface area (Å²) < 4.78 is 25.6. The molecule has 40 heavy (non-hydrogen) atoms. The van der Waals surface area contributed by atoms with Gasteiger partial charge in [-0.2, -0.15) is 9.78 Å². The highest BCUT2D eigenvalue weighted by molar-refractivity contribution is 9.10. The molecule has 0 bridgehead atoms. The van der Waals surface area contributed by atoms with Crippen LogP contribution in [0.3, 0.4) is 0 Å². The summed E-state index contributed by atoms with van der Waals surface area (Å²) in [6.07, 6.45) is 7.12. The maximum atomic E-state index is 13.6. The quantitative estimate of drug-likeness (QED) is 0.194. The highest BCUT2D eigenvalue weighted by Gasteiger charge is 2.23. The van der Waals surface area contributed by atoms with Crippen molar-refractivity contribution in [1.29, 1.82) is 0 Å². The van der Waals surface area contributed by atoms with E-state index < -0.39 is 0 Å². The van der Waals surface area contributed by atoms with Crippen LogP contribution in [0, 0.1) is 0 Å². The summed E-state index contributed by atoms with van der Waals surface area (Å²) in [4.78, 5) is 18.5. The number of nitrogens with zero attached hydrogens (tertiary/aromatic N) is 3. The third-order valence-corrected chi connectivity index (χ3v) is 8.28. The van der Waals surface area contributed by atoms with Gasteiger partial charge in [-0.25, -0.2) is 4.98 Å². The van der Waals surface area contributed by atoms with Crippen molar-refractivity contribution in [1.82, 2.24) is 9.66 Å². The van der Waals surface area contributed by atoms with Gasteiger partial charge in [0, 0.05) is 10.4 Å². The van der Waals surface area contributed by atoms with Crippen molar-refractivity contribution in [2.75, 3.05) is 13.9 Å². The van der Waals surface area contributed by atoms with E-state index in [1.54, 1.807) is 19.4 Å². The van der Waals surface area contributed by atoms with Crippen molar-refractivity contribution in [2.24, 2.45) is 5.10 Å². The van der Waals surface area contributed by atoms with Crippen LogP contribution in [0.2, 0.25) is 0 Å². The molecule has 1 aromatic heterocycles. The van der Waals surface area contributed by atoms with E-state index in [0.717, 1.165) is 47.0 Å². The van der Waals surface area contributed by atoms with E-state index in [1.807, 2.05) is 42.5 Å². The number of aromatic nitrogens is 2. The van der Waals surface area contributed by atoms with Gasteiger partial charge in [0.05, 0.1) is 28.7 Å². The summed E-state index contributed by atoms with van der Waals surface area (Å²) in [5.41, 5.74) is 2.19. The first-order valence-corrected chi connectivity index (χ1v) is 14.7. The zero-order valence-electron chi connectivity index (χ0n) is 21.9. The molecule has 3 aromatic carbocycles. The standard InChI is InChI=1S/C30H27Br2N3O5/c1-37-27-13-19(11-23(32)28(27)38-16-18-7-10-25-26(12-18)40-17-39-25)15-33-35-29(20-5-3-2-4-6-20)34-24-9-8-21(31)14-22(24)30(35)36/h7-15,20H,2-6,16-17H2,1H3. The predicted molar refractivity (Wildman–Crippen MR) is 160 cm³/mol. The van der Waals surface area contributed by atoms with Gasteiger partial charge in [0.15, 0.2) is 23.0 Å². The van der Waals surface area contributed by atoms with Crippen LogP contribution in [-0.4, -0.2) is 29.8 Å². The zero-order chi connectivity index (χ0) is 27.6. The Bertz CT molecular complexity index is 1660. The van der Waals surface area contributed by atoms with Crippen molar-refractivity contribution >= 4 is 49.0 Å². The Morgan fingerprint density at radius 2 is 1.88 bits per heavy atom. The van der Waals surface area contributed by atoms with Gasteiger partial charge in [0.1, 0.15) is 12.4 Å². The molecule has 10 heteroatoms. The number of benzene rings is 3. The molecule has 8 nitrogen and oxygen atoms in total.